The van der Waals surface area contributed by atoms with Crippen LogP contribution in [0.2, 0.25) is 0 Å². The van der Waals surface area contributed by atoms with Gasteiger partial charge in [0.2, 0.25) is 0 Å². The molecule has 0 atom stereocenters. The van der Waals surface area contributed by atoms with Crippen molar-refractivity contribution in [2.75, 3.05) is 0 Å². The van der Waals surface area contributed by atoms with Gasteiger partial charge in [0.05, 0.1) is 0 Å². The number of carbonyl (C=O) groups excluding carboxylic acids is 1. The van der Waals surface area contributed by atoms with Gasteiger partial charge in [-0.3, -0.25) is 0 Å². The molecular formula is C7H4O2PbS-. The van der Waals surface area contributed by atoms with E-state index in [2.05, 4.69) is 17.1 Å². The van der Waals surface area contributed by atoms with Crippen LogP contribution in [0.4, 0.5) is 0 Å². The van der Waals surface area contributed by atoms with Crippen molar-refractivity contribution in [1.82, 2.24) is 0 Å². The molecule has 2 nitrogen and oxygen atoms in total. The monoisotopic (exact) mass is 360 g/mol. The summed E-state index contributed by atoms with van der Waals surface area (Å²) in [7, 11) is 0. The molecule has 11 heavy (non-hydrogen) atoms. The van der Waals surface area contributed by atoms with Crippen molar-refractivity contribution in [3.8, 4) is 0 Å². The van der Waals surface area contributed by atoms with Crippen molar-refractivity contribution < 1.29 is 8.98 Å². The Kier molecular flexibility index (Phi) is 3.38. The minimum absolute atomic E-state index is 0.425. The van der Waals surface area contributed by atoms with Gasteiger partial charge in [0.25, 0.3) is 0 Å². The van der Waals surface area contributed by atoms with Gasteiger partial charge < -0.3 is 0 Å². The molecule has 4 heteroatoms. The molecule has 0 aliphatic carbocycles. The fourth-order valence-corrected chi connectivity index (χ4v) is 1.89. The molecule has 0 heterocycles. The third-order valence-electron chi connectivity index (χ3n) is 1.22. The molecule has 0 aliphatic heterocycles. The Labute approximate surface area is 86.2 Å². The fourth-order valence-electron chi connectivity index (χ4n) is 0.706. The minimum atomic E-state index is -0.425. The zero-order valence-corrected chi connectivity index (χ0v) is 10.2. The summed E-state index contributed by atoms with van der Waals surface area (Å²) in [5.74, 6) is -0.425. The molecule has 0 saturated heterocycles. The summed E-state index contributed by atoms with van der Waals surface area (Å²) in [5, 5.41) is 0. The van der Waals surface area contributed by atoms with Crippen LogP contribution in [0.15, 0.2) is 24.3 Å². The van der Waals surface area contributed by atoms with Crippen molar-refractivity contribution in [2.45, 2.75) is 0 Å². The van der Waals surface area contributed by atoms with E-state index < -0.39 is 5.97 Å². The van der Waals surface area contributed by atoms with Gasteiger partial charge in [0.1, 0.15) is 0 Å². The Morgan fingerprint density at radius 1 is 1.45 bits per heavy atom. The van der Waals surface area contributed by atoms with Gasteiger partial charge in [0, 0.05) is 0 Å². The molecule has 0 amide bonds. The molecule has 1 rings (SSSR count). The number of rotatable bonds is 1. The van der Waals surface area contributed by atoms with Gasteiger partial charge >= 0.3 is 86.6 Å². The van der Waals surface area contributed by atoms with Crippen molar-refractivity contribution in [3.63, 3.8) is 0 Å². The van der Waals surface area contributed by atoms with E-state index in [1.165, 1.54) is 0 Å². The molecule has 0 fully saturated rings. The van der Waals surface area contributed by atoms with Crippen LogP contribution >= 0.6 is 0 Å². The Balaban J connectivity index is 3.03. The Bertz CT molecular complexity index is 275. The van der Waals surface area contributed by atoms with Gasteiger partial charge in [-0.15, -0.1) is 0 Å². The third kappa shape index (κ3) is 2.20. The first-order valence-corrected chi connectivity index (χ1v) is 5.18. The average molecular weight is 359 g/mol. The van der Waals surface area contributed by atoms with E-state index in [-0.39, 0.29) is 0 Å². The summed E-state index contributed by atoms with van der Waals surface area (Å²) in [6, 6.07) is 7.30. The van der Waals surface area contributed by atoms with Crippen LogP contribution in [0.3, 0.4) is 0 Å². The van der Waals surface area contributed by atoms with Gasteiger partial charge in [-0.25, -0.2) is 0 Å². The first-order chi connectivity index (χ1) is 5.25. The second-order valence-electron chi connectivity index (χ2n) is 1.92. The van der Waals surface area contributed by atoms with Gasteiger partial charge in [-0.05, 0) is 0 Å². The molecular weight excluding hydrogens is 355 g/mol. The summed E-state index contributed by atoms with van der Waals surface area (Å²) in [5.41, 5.74) is 0.592. The van der Waals surface area contributed by atoms with Crippen molar-refractivity contribution >= 4 is 47.8 Å². The quantitative estimate of drug-likeness (QED) is 0.526. The summed E-state index contributed by atoms with van der Waals surface area (Å²) in [6.45, 7) is 0. The molecule has 0 aromatic heterocycles. The zero-order chi connectivity index (χ0) is 8.27. The predicted molar refractivity (Wildman–Crippen MR) is 44.6 cm³/mol. The first kappa shape index (κ1) is 9.05. The third-order valence-corrected chi connectivity index (χ3v) is 3.07. The molecule has 1 aromatic rings. The topological polar surface area (TPSA) is 26.3 Å². The standard InChI is InChI=1S/C7H5O2S.Pb/c8-7(9-10)6-4-2-1-3-5-6;/h1-4,10H;/p-1. The van der Waals surface area contributed by atoms with Gasteiger partial charge in [-0.1, -0.05) is 0 Å². The van der Waals surface area contributed by atoms with Crippen LogP contribution in [-0.2, 0) is 17.1 Å². The average Bonchev–Trinajstić information content (AvgIpc) is 2.04. The Morgan fingerprint density at radius 2 is 2.09 bits per heavy atom. The molecule has 0 bridgehead atoms. The molecule has 0 unspecified atom stereocenters. The summed E-state index contributed by atoms with van der Waals surface area (Å²) in [4.78, 5) is 10.9. The van der Waals surface area contributed by atoms with E-state index in [0.717, 1.165) is 28.9 Å². The number of carbonyl (C=O) groups is 1. The van der Waals surface area contributed by atoms with Crippen LogP contribution in [0.1, 0.15) is 10.4 Å². The molecule has 55 valence electrons. The molecule has 0 N–H and O–H groups in total. The van der Waals surface area contributed by atoms with E-state index in [1.54, 1.807) is 12.1 Å². The van der Waals surface area contributed by atoms with E-state index in [0.29, 0.717) is 5.56 Å². The molecule has 0 spiro atoms. The second-order valence-corrected chi connectivity index (χ2v) is 4.18. The maximum absolute atomic E-state index is 10.9. The SMILES string of the molecule is O=C(O[S-])c1cccc[c]1[Pb]. The molecule has 3 radical (unpaired) electrons. The van der Waals surface area contributed by atoms with Crippen molar-refractivity contribution in [1.29, 1.82) is 0 Å². The normalized spacial score (nSPS) is 9.27. The first-order valence-electron chi connectivity index (χ1n) is 2.90. The Hall–Kier alpha value is -0.0379. The van der Waals surface area contributed by atoms with Crippen LogP contribution < -0.4 is 3.12 Å². The number of hydrogen-bond acceptors (Lipinski definition) is 3. The fraction of sp³-hybridized carbons (Fsp3) is 0. The van der Waals surface area contributed by atoms with Crippen LogP contribution in [-0.4, -0.2) is 31.7 Å². The molecule has 0 aliphatic rings. The maximum atomic E-state index is 10.9. The zero-order valence-electron chi connectivity index (χ0n) is 5.53. The number of benzene rings is 1. The summed E-state index contributed by atoms with van der Waals surface area (Å²) >= 11 is 5.01. The molecule has 0 saturated carbocycles. The Morgan fingerprint density at radius 3 is 2.64 bits per heavy atom. The predicted octanol–water partition coefficient (Wildman–Crippen LogP) is 0.0991. The van der Waals surface area contributed by atoms with E-state index in [1.807, 2.05) is 12.1 Å². The van der Waals surface area contributed by atoms with Crippen molar-refractivity contribution in [2.24, 2.45) is 0 Å². The van der Waals surface area contributed by atoms with Crippen LogP contribution in [0.5, 0.6) is 0 Å². The van der Waals surface area contributed by atoms with Crippen LogP contribution in [0, 0.1) is 0 Å². The van der Waals surface area contributed by atoms with Crippen LogP contribution in [0.25, 0.3) is 0 Å². The van der Waals surface area contributed by atoms with E-state index in [4.69, 9.17) is 0 Å². The molecule has 1 aromatic carbocycles. The van der Waals surface area contributed by atoms with Gasteiger partial charge in [-0.2, -0.15) is 0 Å². The van der Waals surface area contributed by atoms with E-state index >= 15 is 0 Å². The van der Waals surface area contributed by atoms with Gasteiger partial charge in [0.15, 0.2) is 0 Å². The summed E-state index contributed by atoms with van der Waals surface area (Å²) in [6.07, 6.45) is 0. The second kappa shape index (κ2) is 4.10. The van der Waals surface area contributed by atoms with E-state index in [9.17, 15) is 4.79 Å². The summed E-state index contributed by atoms with van der Waals surface area (Å²) < 4.78 is 5.20. The number of hydrogen-bond donors (Lipinski definition) is 0. The van der Waals surface area contributed by atoms with Crippen molar-refractivity contribution in [3.05, 3.63) is 29.8 Å².